The van der Waals surface area contributed by atoms with E-state index in [4.69, 9.17) is 5.73 Å². The maximum atomic E-state index is 11.5. The quantitative estimate of drug-likeness (QED) is 0.713. The Hall–Kier alpha value is -1.35. The second-order valence-corrected chi connectivity index (χ2v) is 3.63. The molecular weight excluding hydrogens is 176 g/mol. The predicted octanol–water partition coefficient (Wildman–Crippen LogP) is 0.843. The van der Waals surface area contributed by atoms with Crippen LogP contribution in [0.4, 0.5) is 5.69 Å². The van der Waals surface area contributed by atoms with Gasteiger partial charge in [0.05, 0.1) is 6.54 Å². The van der Waals surface area contributed by atoms with Crippen LogP contribution in [0.5, 0.6) is 0 Å². The maximum absolute atomic E-state index is 11.5. The monoisotopic (exact) mass is 190 g/mol. The lowest BCUT2D eigenvalue weighted by Gasteiger charge is -2.16. The van der Waals surface area contributed by atoms with Gasteiger partial charge in [0.25, 0.3) is 0 Å². The highest BCUT2D eigenvalue weighted by atomic mass is 16.2. The SMILES string of the molecule is Cc1ccc2c(c1)N(C(=O)CN)CC2. The van der Waals surface area contributed by atoms with Gasteiger partial charge in [-0.1, -0.05) is 12.1 Å². The van der Waals surface area contributed by atoms with E-state index in [1.165, 1.54) is 11.1 Å². The number of hydrogen-bond acceptors (Lipinski definition) is 2. The summed E-state index contributed by atoms with van der Waals surface area (Å²) in [6.45, 7) is 2.89. The molecule has 2 N–H and O–H groups in total. The molecule has 0 spiro atoms. The normalized spacial score (nSPS) is 14.3. The zero-order chi connectivity index (χ0) is 10.1. The van der Waals surface area contributed by atoms with Crippen molar-refractivity contribution in [1.82, 2.24) is 0 Å². The van der Waals surface area contributed by atoms with E-state index >= 15 is 0 Å². The molecule has 0 unspecified atom stereocenters. The van der Waals surface area contributed by atoms with Crippen LogP contribution < -0.4 is 10.6 Å². The van der Waals surface area contributed by atoms with Gasteiger partial charge in [-0.3, -0.25) is 4.79 Å². The summed E-state index contributed by atoms with van der Waals surface area (Å²) >= 11 is 0. The van der Waals surface area contributed by atoms with Crippen LogP contribution in [-0.2, 0) is 11.2 Å². The molecule has 0 saturated heterocycles. The summed E-state index contributed by atoms with van der Waals surface area (Å²) in [5, 5.41) is 0. The summed E-state index contributed by atoms with van der Waals surface area (Å²) in [5.41, 5.74) is 8.83. The minimum absolute atomic E-state index is 0.00866. The highest BCUT2D eigenvalue weighted by Gasteiger charge is 2.23. The van der Waals surface area contributed by atoms with Gasteiger partial charge in [-0.25, -0.2) is 0 Å². The van der Waals surface area contributed by atoms with Crippen molar-refractivity contribution in [3.05, 3.63) is 29.3 Å². The fourth-order valence-corrected chi connectivity index (χ4v) is 1.86. The Bertz CT molecular complexity index is 374. The first-order valence-electron chi connectivity index (χ1n) is 4.82. The van der Waals surface area contributed by atoms with Gasteiger partial charge in [-0.2, -0.15) is 0 Å². The number of carbonyl (C=O) groups is 1. The second-order valence-electron chi connectivity index (χ2n) is 3.63. The zero-order valence-corrected chi connectivity index (χ0v) is 8.29. The van der Waals surface area contributed by atoms with Gasteiger partial charge in [0.15, 0.2) is 0 Å². The van der Waals surface area contributed by atoms with Gasteiger partial charge in [0, 0.05) is 12.2 Å². The van der Waals surface area contributed by atoms with Gasteiger partial charge in [-0.05, 0) is 30.5 Å². The van der Waals surface area contributed by atoms with Gasteiger partial charge < -0.3 is 10.6 Å². The Morgan fingerprint density at radius 2 is 2.36 bits per heavy atom. The van der Waals surface area contributed by atoms with Crippen LogP contribution in [0.2, 0.25) is 0 Å². The van der Waals surface area contributed by atoms with E-state index in [-0.39, 0.29) is 12.5 Å². The Balaban J connectivity index is 2.38. The van der Waals surface area contributed by atoms with E-state index in [0.717, 1.165) is 18.7 Å². The predicted molar refractivity (Wildman–Crippen MR) is 56.3 cm³/mol. The second kappa shape index (κ2) is 3.42. The molecule has 0 atom stereocenters. The summed E-state index contributed by atoms with van der Waals surface area (Å²) in [4.78, 5) is 13.3. The smallest absolute Gasteiger partial charge is 0.240 e. The lowest BCUT2D eigenvalue weighted by Crippen LogP contribution is -2.34. The lowest BCUT2D eigenvalue weighted by atomic mass is 10.1. The van der Waals surface area contributed by atoms with Gasteiger partial charge in [0.1, 0.15) is 0 Å². The van der Waals surface area contributed by atoms with Crippen molar-refractivity contribution in [2.24, 2.45) is 5.73 Å². The first-order valence-corrected chi connectivity index (χ1v) is 4.82. The summed E-state index contributed by atoms with van der Waals surface area (Å²) in [6, 6.07) is 6.22. The summed E-state index contributed by atoms with van der Waals surface area (Å²) in [5.74, 6) is 0.00866. The number of hydrogen-bond donors (Lipinski definition) is 1. The van der Waals surface area contributed by atoms with Crippen molar-refractivity contribution in [3.8, 4) is 0 Å². The molecule has 1 amide bonds. The fraction of sp³-hybridized carbons (Fsp3) is 0.364. The van der Waals surface area contributed by atoms with Gasteiger partial charge >= 0.3 is 0 Å². The van der Waals surface area contributed by atoms with E-state index in [0.29, 0.717) is 0 Å². The number of aryl methyl sites for hydroxylation is 1. The summed E-state index contributed by atoms with van der Waals surface area (Å²) in [7, 11) is 0. The molecule has 1 aliphatic heterocycles. The topological polar surface area (TPSA) is 46.3 Å². The third-order valence-corrected chi connectivity index (χ3v) is 2.61. The molecule has 1 heterocycles. The fourth-order valence-electron chi connectivity index (χ4n) is 1.86. The van der Waals surface area contributed by atoms with Crippen LogP contribution in [-0.4, -0.2) is 19.0 Å². The number of nitrogens with two attached hydrogens (primary N) is 1. The third kappa shape index (κ3) is 1.40. The number of amides is 1. The van der Waals surface area contributed by atoms with Crippen molar-refractivity contribution >= 4 is 11.6 Å². The Morgan fingerprint density at radius 3 is 3.07 bits per heavy atom. The molecule has 14 heavy (non-hydrogen) atoms. The van der Waals surface area contributed by atoms with E-state index < -0.39 is 0 Å². The number of rotatable bonds is 1. The molecule has 0 aliphatic carbocycles. The molecule has 0 bridgehead atoms. The van der Waals surface area contributed by atoms with Crippen LogP contribution in [0.1, 0.15) is 11.1 Å². The molecule has 0 fully saturated rings. The number of benzene rings is 1. The van der Waals surface area contributed by atoms with Crippen LogP contribution in [0.15, 0.2) is 18.2 Å². The molecule has 1 aromatic rings. The number of fused-ring (bicyclic) bond motifs is 1. The minimum Gasteiger partial charge on any atom is -0.322 e. The van der Waals surface area contributed by atoms with E-state index in [1.54, 1.807) is 4.90 Å². The molecule has 1 aliphatic rings. The number of carbonyl (C=O) groups excluding carboxylic acids is 1. The van der Waals surface area contributed by atoms with Gasteiger partial charge in [-0.15, -0.1) is 0 Å². The van der Waals surface area contributed by atoms with Crippen molar-refractivity contribution in [2.45, 2.75) is 13.3 Å². The van der Waals surface area contributed by atoms with Crippen molar-refractivity contribution < 1.29 is 4.79 Å². The first kappa shape index (κ1) is 9.21. The molecule has 0 aromatic heterocycles. The first-order chi connectivity index (χ1) is 6.72. The van der Waals surface area contributed by atoms with Crippen LogP contribution in [0, 0.1) is 6.92 Å². The summed E-state index contributed by atoms with van der Waals surface area (Å²) < 4.78 is 0. The molecule has 1 aromatic carbocycles. The Morgan fingerprint density at radius 1 is 1.57 bits per heavy atom. The Kier molecular flexibility index (Phi) is 2.25. The standard InChI is InChI=1S/C11H14N2O/c1-8-2-3-9-4-5-13(10(9)6-8)11(14)7-12/h2-3,6H,4-5,7,12H2,1H3. The molecular formula is C11H14N2O. The Labute approximate surface area is 83.5 Å². The van der Waals surface area contributed by atoms with Crippen molar-refractivity contribution in [2.75, 3.05) is 18.0 Å². The van der Waals surface area contributed by atoms with E-state index in [2.05, 4.69) is 18.2 Å². The minimum atomic E-state index is 0.00866. The lowest BCUT2D eigenvalue weighted by molar-refractivity contribution is -0.117. The number of anilines is 1. The summed E-state index contributed by atoms with van der Waals surface area (Å²) in [6.07, 6.45) is 0.946. The van der Waals surface area contributed by atoms with Crippen LogP contribution in [0.3, 0.4) is 0 Å². The largest absolute Gasteiger partial charge is 0.322 e. The zero-order valence-electron chi connectivity index (χ0n) is 8.29. The third-order valence-electron chi connectivity index (χ3n) is 2.61. The van der Waals surface area contributed by atoms with Crippen molar-refractivity contribution in [3.63, 3.8) is 0 Å². The maximum Gasteiger partial charge on any atom is 0.240 e. The average Bonchev–Trinajstić information content (AvgIpc) is 2.59. The molecule has 0 radical (unpaired) electrons. The molecule has 0 saturated carbocycles. The van der Waals surface area contributed by atoms with E-state index in [9.17, 15) is 4.79 Å². The molecule has 3 nitrogen and oxygen atoms in total. The van der Waals surface area contributed by atoms with E-state index in [1.807, 2.05) is 6.92 Å². The van der Waals surface area contributed by atoms with Crippen LogP contribution in [0.25, 0.3) is 0 Å². The average molecular weight is 190 g/mol. The van der Waals surface area contributed by atoms with Gasteiger partial charge in [0.2, 0.25) is 5.91 Å². The highest BCUT2D eigenvalue weighted by molar-refractivity contribution is 5.96. The highest BCUT2D eigenvalue weighted by Crippen LogP contribution is 2.28. The van der Waals surface area contributed by atoms with Crippen molar-refractivity contribution in [1.29, 1.82) is 0 Å². The van der Waals surface area contributed by atoms with Crippen LogP contribution >= 0.6 is 0 Å². The number of nitrogens with zero attached hydrogens (tertiary/aromatic N) is 1. The molecule has 3 heteroatoms. The molecule has 2 rings (SSSR count). The molecule has 74 valence electrons.